The van der Waals surface area contributed by atoms with Gasteiger partial charge in [0.1, 0.15) is 0 Å². The summed E-state index contributed by atoms with van der Waals surface area (Å²) in [6, 6.07) is 0. The van der Waals surface area contributed by atoms with Gasteiger partial charge in [0.15, 0.2) is 5.79 Å². The average molecular weight is 202 g/mol. The van der Waals surface area contributed by atoms with E-state index in [2.05, 4.69) is 6.92 Å². The first kappa shape index (κ1) is 12.0. The highest BCUT2D eigenvalue weighted by molar-refractivity contribution is 4.74. The van der Waals surface area contributed by atoms with Crippen molar-refractivity contribution in [3.63, 3.8) is 0 Å². The van der Waals surface area contributed by atoms with Crippen LogP contribution in [0.15, 0.2) is 0 Å². The largest absolute Gasteiger partial charge is 0.396 e. The van der Waals surface area contributed by atoms with Gasteiger partial charge < -0.3 is 14.6 Å². The summed E-state index contributed by atoms with van der Waals surface area (Å²) in [7, 11) is 0. The molecule has 84 valence electrons. The minimum absolute atomic E-state index is 0.234. The second-order valence-corrected chi connectivity index (χ2v) is 4.15. The monoisotopic (exact) mass is 202 g/mol. The Morgan fingerprint density at radius 1 is 1.43 bits per heavy atom. The number of rotatable bonds is 6. The predicted octanol–water partition coefficient (Wildman–Crippen LogP) is 2.08. The number of hydrogen-bond acceptors (Lipinski definition) is 3. The summed E-state index contributed by atoms with van der Waals surface area (Å²) in [5.41, 5.74) is 0. The Bertz CT molecular complexity index is 161. The maximum atomic E-state index is 8.66. The molecule has 1 aliphatic rings. The lowest BCUT2D eigenvalue weighted by molar-refractivity contribution is -0.159. The Morgan fingerprint density at radius 3 is 2.86 bits per heavy atom. The summed E-state index contributed by atoms with van der Waals surface area (Å²) in [4.78, 5) is 0. The lowest BCUT2D eigenvalue weighted by Gasteiger charge is -2.22. The van der Waals surface area contributed by atoms with Gasteiger partial charge in [-0.25, -0.2) is 0 Å². The lowest BCUT2D eigenvalue weighted by atomic mass is 10.1. The third-order valence-corrected chi connectivity index (χ3v) is 2.63. The first-order valence-electron chi connectivity index (χ1n) is 5.63. The van der Waals surface area contributed by atoms with Crippen molar-refractivity contribution >= 4 is 0 Å². The van der Waals surface area contributed by atoms with Crippen LogP contribution in [0.2, 0.25) is 0 Å². The first-order valence-corrected chi connectivity index (χ1v) is 5.63. The van der Waals surface area contributed by atoms with Crippen molar-refractivity contribution in [2.45, 2.75) is 57.8 Å². The normalized spacial score (nSPS) is 32.4. The van der Waals surface area contributed by atoms with Crippen LogP contribution in [0.5, 0.6) is 0 Å². The summed E-state index contributed by atoms with van der Waals surface area (Å²) in [5.74, 6) is -0.349. The molecule has 2 atom stereocenters. The molecular formula is C11H22O3. The Morgan fingerprint density at radius 2 is 2.21 bits per heavy atom. The van der Waals surface area contributed by atoms with E-state index in [1.165, 1.54) is 0 Å². The van der Waals surface area contributed by atoms with E-state index in [4.69, 9.17) is 14.6 Å². The van der Waals surface area contributed by atoms with Crippen molar-refractivity contribution in [2.24, 2.45) is 0 Å². The van der Waals surface area contributed by atoms with E-state index in [0.717, 1.165) is 32.1 Å². The van der Waals surface area contributed by atoms with Crippen LogP contribution in [0.1, 0.15) is 46.0 Å². The summed E-state index contributed by atoms with van der Waals surface area (Å²) in [5, 5.41) is 8.66. The predicted molar refractivity (Wildman–Crippen MR) is 55.1 cm³/mol. The van der Waals surface area contributed by atoms with E-state index in [0.29, 0.717) is 6.61 Å². The summed E-state index contributed by atoms with van der Waals surface area (Å²) >= 11 is 0. The van der Waals surface area contributed by atoms with Gasteiger partial charge in [-0.15, -0.1) is 0 Å². The molecule has 0 unspecified atom stereocenters. The lowest BCUT2D eigenvalue weighted by Crippen LogP contribution is -2.26. The molecule has 1 heterocycles. The molecule has 0 bridgehead atoms. The molecule has 1 N–H and O–H groups in total. The summed E-state index contributed by atoms with van der Waals surface area (Å²) in [6.45, 7) is 5.14. The molecule has 3 heteroatoms. The smallest absolute Gasteiger partial charge is 0.166 e. The van der Waals surface area contributed by atoms with Gasteiger partial charge in [-0.2, -0.15) is 0 Å². The summed E-state index contributed by atoms with van der Waals surface area (Å²) < 4.78 is 11.5. The molecule has 3 nitrogen and oxygen atoms in total. The van der Waals surface area contributed by atoms with E-state index < -0.39 is 0 Å². The molecule has 0 amide bonds. The van der Waals surface area contributed by atoms with Crippen molar-refractivity contribution in [1.29, 1.82) is 0 Å². The number of ether oxygens (including phenoxy) is 2. The molecule has 0 aromatic rings. The SMILES string of the molecule is CCC[C@]1(C)OC[C@@H](CCCCO)O1. The minimum Gasteiger partial charge on any atom is -0.396 e. The van der Waals surface area contributed by atoms with Gasteiger partial charge in [0, 0.05) is 13.0 Å². The Kier molecular flexibility index (Phi) is 4.85. The van der Waals surface area contributed by atoms with Crippen molar-refractivity contribution in [3.8, 4) is 0 Å². The fraction of sp³-hybridized carbons (Fsp3) is 1.00. The molecule has 1 fully saturated rings. The van der Waals surface area contributed by atoms with Gasteiger partial charge in [-0.1, -0.05) is 13.3 Å². The van der Waals surface area contributed by atoms with E-state index >= 15 is 0 Å². The highest BCUT2D eigenvalue weighted by Crippen LogP contribution is 2.29. The van der Waals surface area contributed by atoms with Gasteiger partial charge in [0.05, 0.1) is 12.7 Å². The van der Waals surface area contributed by atoms with Crippen LogP contribution in [0.4, 0.5) is 0 Å². The molecule has 14 heavy (non-hydrogen) atoms. The number of aliphatic hydroxyl groups is 1. The number of unbranched alkanes of at least 4 members (excludes halogenated alkanes) is 1. The van der Waals surface area contributed by atoms with Crippen LogP contribution in [0, 0.1) is 0 Å². The third-order valence-electron chi connectivity index (χ3n) is 2.63. The number of hydrogen-bond donors (Lipinski definition) is 1. The second-order valence-electron chi connectivity index (χ2n) is 4.15. The zero-order valence-corrected chi connectivity index (χ0v) is 9.29. The molecule has 1 saturated heterocycles. The van der Waals surface area contributed by atoms with Gasteiger partial charge in [-0.3, -0.25) is 0 Å². The molecular weight excluding hydrogens is 180 g/mol. The quantitative estimate of drug-likeness (QED) is 0.670. The van der Waals surface area contributed by atoms with Crippen molar-refractivity contribution in [1.82, 2.24) is 0 Å². The van der Waals surface area contributed by atoms with Crippen LogP contribution in [0.3, 0.4) is 0 Å². The molecule has 0 aliphatic carbocycles. The number of aliphatic hydroxyl groups excluding tert-OH is 1. The fourth-order valence-electron chi connectivity index (χ4n) is 1.90. The Labute approximate surface area is 86.4 Å². The van der Waals surface area contributed by atoms with Crippen molar-refractivity contribution in [3.05, 3.63) is 0 Å². The Balaban J connectivity index is 2.19. The zero-order chi connectivity index (χ0) is 10.4. The molecule has 1 aliphatic heterocycles. The van der Waals surface area contributed by atoms with Crippen molar-refractivity contribution in [2.75, 3.05) is 13.2 Å². The molecule has 0 aromatic carbocycles. The van der Waals surface area contributed by atoms with Crippen LogP contribution in [0.25, 0.3) is 0 Å². The standard InChI is InChI=1S/C11H22O3/c1-3-7-11(2)13-9-10(14-11)6-4-5-8-12/h10,12H,3-9H2,1-2H3/t10-,11-/m1/s1. The van der Waals surface area contributed by atoms with Gasteiger partial charge in [0.25, 0.3) is 0 Å². The van der Waals surface area contributed by atoms with E-state index in [1.807, 2.05) is 6.92 Å². The highest BCUT2D eigenvalue weighted by Gasteiger charge is 2.35. The van der Waals surface area contributed by atoms with Crippen LogP contribution in [-0.4, -0.2) is 30.2 Å². The Hall–Kier alpha value is -0.120. The van der Waals surface area contributed by atoms with Gasteiger partial charge in [-0.05, 0) is 26.2 Å². The van der Waals surface area contributed by atoms with E-state index in [1.54, 1.807) is 0 Å². The molecule has 0 spiro atoms. The maximum absolute atomic E-state index is 8.66. The molecule has 0 aromatic heterocycles. The minimum atomic E-state index is -0.349. The first-order chi connectivity index (χ1) is 6.70. The topological polar surface area (TPSA) is 38.7 Å². The third kappa shape index (κ3) is 3.56. The summed E-state index contributed by atoms with van der Waals surface area (Å²) in [6.07, 6.45) is 5.17. The molecule has 1 rings (SSSR count). The van der Waals surface area contributed by atoms with Crippen LogP contribution in [-0.2, 0) is 9.47 Å². The van der Waals surface area contributed by atoms with Crippen molar-refractivity contribution < 1.29 is 14.6 Å². The van der Waals surface area contributed by atoms with E-state index in [9.17, 15) is 0 Å². The van der Waals surface area contributed by atoms with Gasteiger partial charge in [0.2, 0.25) is 0 Å². The second kappa shape index (κ2) is 5.69. The van der Waals surface area contributed by atoms with Gasteiger partial charge >= 0.3 is 0 Å². The average Bonchev–Trinajstić information content (AvgIpc) is 2.49. The maximum Gasteiger partial charge on any atom is 0.166 e. The molecule has 0 saturated carbocycles. The van der Waals surface area contributed by atoms with E-state index in [-0.39, 0.29) is 18.5 Å². The van der Waals surface area contributed by atoms with Crippen LogP contribution >= 0.6 is 0 Å². The molecule has 0 radical (unpaired) electrons. The zero-order valence-electron chi connectivity index (χ0n) is 9.29. The fourth-order valence-corrected chi connectivity index (χ4v) is 1.90. The van der Waals surface area contributed by atoms with Crippen LogP contribution < -0.4 is 0 Å². The highest BCUT2D eigenvalue weighted by atomic mass is 16.7.